The van der Waals surface area contributed by atoms with Gasteiger partial charge in [-0.15, -0.1) is 0 Å². The van der Waals surface area contributed by atoms with E-state index in [0.717, 1.165) is 0 Å². The molecule has 0 heterocycles. The Bertz CT molecular complexity index is 190. The van der Waals surface area contributed by atoms with Crippen molar-refractivity contribution in [3.05, 3.63) is 24.2 Å². The Labute approximate surface area is 60.1 Å². The highest BCUT2D eigenvalue weighted by atomic mass is 14.9. The van der Waals surface area contributed by atoms with Crippen LogP contribution in [0.1, 0.15) is 6.92 Å². The van der Waals surface area contributed by atoms with Gasteiger partial charge in [0, 0.05) is 11.8 Å². The van der Waals surface area contributed by atoms with Crippen LogP contribution in [0.15, 0.2) is 29.2 Å². The van der Waals surface area contributed by atoms with E-state index in [2.05, 4.69) is 11.6 Å². The molecule has 4 nitrogen and oxygen atoms in total. The van der Waals surface area contributed by atoms with Crippen molar-refractivity contribution >= 4 is 5.84 Å². The number of nitrogens with zero attached hydrogens (tertiary/aromatic N) is 1. The molecule has 4 heteroatoms. The van der Waals surface area contributed by atoms with Crippen molar-refractivity contribution in [3.8, 4) is 0 Å². The first-order valence-corrected chi connectivity index (χ1v) is 2.75. The molecule has 0 rings (SSSR count). The summed E-state index contributed by atoms with van der Waals surface area (Å²) in [7, 11) is 0. The minimum atomic E-state index is 0.179. The highest BCUT2D eigenvalue weighted by molar-refractivity contribution is 5.96. The zero-order valence-corrected chi connectivity index (χ0v) is 5.96. The lowest BCUT2D eigenvalue weighted by molar-refractivity contribution is 1.24. The van der Waals surface area contributed by atoms with Crippen LogP contribution >= 0.6 is 0 Å². The summed E-state index contributed by atoms with van der Waals surface area (Å²) in [5, 5.41) is 0. The van der Waals surface area contributed by atoms with Gasteiger partial charge in [-0.25, -0.2) is 4.99 Å². The first kappa shape index (κ1) is 8.55. The third kappa shape index (κ3) is 2.76. The van der Waals surface area contributed by atoms with Crippen LogP contribution in [0.4, 0.5) is 0 Å². The zero-order valence-electron chi connectivity index (χ0n) is 5.96. The molecule has 0 aliphatic heterocycles. The summed E-state index contributed by atoms with van der Waals surface area (Å²) < 4.78 is 0. The van der Waals surface area contributed by atoms with Crippen molar-refractivity contribution < 1.29 is 0 Å². The van der Waals surface area contributed by atoms with Crippen LogP contribution in [0.2, 0.25) is 0 Å². The van der Waals surface area contributed by atoms with Crippen LogP contribution in [0, 0.1) is 0 Å². The average molecular weight is 140 g/mol. The molecule has 0 unspecified atom stereocenters. The molecule has 10 heavy (non-hydrogen) atoms. The number of hydrogen-bond acceptors (Lipinski definition) is 3. The van der Waals surface area contributed by atoms with Crippen molar-refractivity contribution in [1.29, 1.82) is 0 Å². The highest BCUT2D eigenvalue weighted by Gasteiger charge is 1.92. The van der Waals surface area contributed by atoms with Crippen molar-refractivity contribution in [2.75, 3.05) is 0 Å². The highest BCUT2D eigenvalue weighted by Crippen LogP contribution is 1.90. The molecule has 0 amide bonds. The molecule has 0 atom stereocenters. The van der Waals surface area contributed by atoms with E-state index in [1.54, 1.807) is 6.92 Å². The summed E-state index contributed by atoms with van der Waals surface area (Å²) in [5.74, 6) is 0.480. The number of amidine groups is 1. The van der Waals surface area contributed by atoms with Gasteiger partial charge in [-0.2, -0.15) is 0 Å². The fourth-order valence-corrected chi connectivity index (χ4v) is 0.328. The molecule has 0 saturated carbocycles. The molecule has 0 aromatic heterocycles. The topological polar surface area (TPSA) is 90.4 Å². The van der Waals surface area contributed by atoms with E-state index in [1.165, 1.54) is 6.20 Å². The van der Waals surface area contributed by atoms with E-state index in [1.807, 2.05) is 0 Å². The molecule has 0 saturated heterocycles. The molecule has 0 spiro atoms. The van der Waals surface area contributed by atoms with Crippen molar-refractivity contribution in [2.45, 2.75) is 6.92 Å². The Morgan fingerprint density at radius 1 is 1.50 bits per heavy atom. The Morgan fingerprint density at radius 2 is 2.00 bits per heavy atom. The maximum absolute atomic E-state index is 5.39. The van der Waals surface area contributed by atoms with E-state index in [4.69, 9.17) is 17.2 Å². The Kier molecular flexibility index (Phi) is 3.04. The number of hydrogen-bond donors (Lipinski definition) is 3. The van der Waals surface area contributed by atoms with Crippen molar-refractivity contribution in [1.82, 2.24) is 0 Å². The molecule has 0 radical (unpaired) electrons. The Balaban J connectivity index is 4.35. The standard InChI is InChI=1S/C6H12N4/c1-4(3-7)6(9)10-5(2)8/h3H,2,7-8H2,1H3,(H2,9,10)/b4-3-. The SMILES string of the molecule is C=C(N)N=C(N)/C(C)=C\N. The minimum absolute atomic E-state index is 0.179. The number of rotatable bonds is 2. The Morgan fingerprint density at radius 3 is 2.30 bits per heavy atom. The molecule has 0 fully saturated rings. The molecule has 0 aliphatic rings. The van der Waals surface area contributed by atoms with Crippen LogP contribution in [-0.2, 0) is 0 Å². The minimum Gasteiger partial charge on any atom is -0.404 e. The zero-order chi connectivity index (χ0) is 8.15. The average Bonchev–Trinajstić information content (AvgIpc) is 1.85. The largest absolute Gasteiger partial charge is 0.404 e. The quantitative estimate of drug-likeness (QED) is 0.361. The third-order valence-electron chi connectivity index (χ3n) is 0.918. The first-order chi connectivity index (χ1) is 4.57. The van der Waals surface area contributed by atoms with Gasteiger partial charge in [-0.1, -0.05) is 6.58 Å². The first-order valence-electron chi connectivity index (χ1n) is 2.75. The predicted octanol–water partition coefficient (Wildman–Crippen LogP) is -0.364. The van der Waals surface area contributed by atoms with Gasteiger partial charge in [0.2, 0.25) is 0 Å². The summed E-state index contributed by atoms with van der Waals surface area (Å²) in [6.45, 7) is 5.09. The van der Waals surface area contributed by atoms with Gasteiger partial charge in [0.15, 0.2) is 0 Å². The van der Waals surface area contributed by atoms with E-state index in [9.17, 15) is 0 Å². The lowest BCUT2D eigenvalue weighted by Gasteiger charge is -1.97. The summed E-state index contributed by atoms with van der Waals surface area (Å²) in [4.78, 5) is 3.68. The van der Waals surface area contributed by atoms with Crippen LogP contribution in [-0.4, -0.2) is 5.84 Å². The second kappa shape index (κ2) is 3.55. The second-order valence-corrected chi connectivity index (χ2v) is 1.84. The normalized spacial score (nSPS) is 13.3. The fourth-order valence-electron chi connectivity index (χ4n) is 0.328. The lowest BCUT2D eigenvalue weighted by atomic mass is 10.3. The Hall–Kier alpha value is -1.45. The summed E-state index contributed by atoms with van der Waals surface area (Å²) in [6, 6.07) is 0. The van der Waals surface area contributed by atoms with Gasteiger partial charge < -0.3 is 17.2 Å². The van der Waals surface area contributed by atoms with E-state index in [-0.39, 0.29) is 5.82 Å². The maximum atomic E-state index is 5.39. The van der Waals surface area contributed by atoms with Gasteiger partial charge in [-0.3, -0.25) is 0 Å². The smallest absolute Gasteiger partial charge is 0.130 e. The van der Waals surface area contributed by atoms with Crippen molar-refractivity contribution in [3.63, 3.8) is 0 Å². The van der Waals surface area contributed by atoms with Gasteiger partial charge in [-0.05, 0) is 6.92 Å². The maximum Gasteiger partial charge on any atom is 0.130 e. The monoisotopic (exact) mass is 140 g/mol. The van der Waals surface area contributed by atoms with Crippen LogP contribution in [0.5, 0.6) is 0 Å². The van der Waals surface area contributed by atoms with Gasteiger partial charge >= 0.3 is 0 Å². The van der Waals surface area contributed by atoms with E-state index in [0.29, 0.717) is 11.4 Å². The molecular weight excluding hydrogens is 128 g/mol. The van der Waals surface area contributed by atoms with Gasteiger partial charge in [0.25, 0.3) is 0 Å². The molecule has 0 aromatic carbocycles. The molecule has 56 valence electrons. The summed E-state index contributed by atoms with van der Waals surface area (Å²) in [6.07, 6.45) is 1.36. The van der Waals surface area contributed by atoms with E-state index < -0.39 is 0 Å². The molecule has 0 aromatic rings. The second-order valence-electron chi connectivity index (χ2n) is 1.84. The molecule has 0 bridgehead atoms. The van der Waals surface area contributed by atoms with Gasteiger partial charge in [0.05, 0.1) is 0 Å². The van der Waals surface area contributed by atoms with Crippen molar-refractivity contribution in [2.24, 2.45) is 22.2 Å². The summed E-state index contributed by atoms with van der Waals surface area (Å²) >= 11 is 0. The predicted molar refractivity (Wildman–Crippen MR) is 42.9 cm³/mol. The molecule has 0 aliphatic carbocycles. The van der Waals surface area contributed by atoms with Crippen LogP contribution in [0.25, 0.3) is 0 Å². The third-order valence-corrected chi connectivity index (χ3v) is 0.918. The van der Waals surface area contributed by atoms with Gasteiger partial charge in [0.1, 0.15) is 11.7 Å². The number of nitrogens with two attached hydrogens (primary N) is 3. The summed E-state index contributed by atoms with van der Waals surface area (Å²) in [5.41, 5.74) is 16.4. The number of aliphatic imine (C=N–C) groups is 1. The lowest BCUT2D eigenvalue weighted by Crippen LogP contribution is -2.15. The van der Waals surface area contributed by atoms with E-state index >= 15 is 0 Å². The molecule has 6 N–H and O–H groups in total. The molecular formula is C6H12N4. The van der Waals surface area contributed by atoms with Crippen LogP contribution in [0.3, 0.4) is 0 Å². The fraction of sp³-hybridized carbons (Fsp3) is 0.167. The van der Waals surface area contributed by atoms with Crippen LogP contribution < -0.4 is 17.2 Å².